The lowest BCUT2D eigenvalue weighted by atomic mass is 10.00. The summed E-state index contributed by atoms with van der Waals surface area (Å²) < 4.78 is 0. The molecule has 114 valence electrons. The Hall–Kier alpha value is -1.59. The number of rotatable bonds is 4. The second-order valence-corrected chi connectivity index (χ2v) is 6.17. The van der Waals surface area contributed by atoms with Gasteiger partial charge in [-0.3, -0.25) is 9.69 Å². The van der Waals surface area contributed by atoms with Gasteiger partial charge in [0.05, 0.1) is 6.10 Å². The number of fused-ring (bicyclic) bond motifs is 2. The summed E-state index contributed by atoms with van der Waals surface area (Å²) in [5, 5.41) is 12.7. The fourth-order valence-electron chi connectivity index (χ4n) is 3.68. The highest BCUT2D eigenvalue weighted by Gasteiger charge is 2.39. The molecule has 2 heterocycles. The van der Waals surface area contributed by atoms with Crippen LogP contribution in [0.4, 0.5) is 11.4 Å². The minimum atomic E-state index is -0.153. The molecule has 0 spiro atoms. The van der Waals surface area contributed by atoms with E-state index in [-0.39, 0.29) is 12.0 Å². The van der Waals surface area contributed by atoms with Crippen molar-refractivity contribution in [2.75, 3.05) is 17.6 Å². The van der Waals surface area contributed by atoms with Gasteiger partial charge in [-0.05, 0) is 43.9 Å². The first-order valence-corrected chi connectivity index (χ1v) is 7.71. The molecule has 0 saturated carbocycles. The number of nitrogens with zero attached hydrogens (tertiary/aromatic N) is 1. The average Bonchev–Trinajstić information content (AvgIpc) is 2.67. The van der Waals surface area contributed by atoms with Crippen LogP contribution in [-0.4, -0.2) is 40.6 Å². The molecule has 2 aliphatic rings. The van der Waals surface area contributed by atoms with Crippen molar-refractivity contribution in [2.45, 2.75) is 50.3 Å². The first-order valence-electron chi connectivity index (χ1n) is 7.71. The van der Waals surface area contributed by atoms with E-state index in [1.54, 1.807) is 12.1 Å². The van der Waals surface area contributed by atoms with E-state index >= 15 is 0 Å². The van der Waals surface area contributed by atoms with E-state index in [9.17, 15) is 9.90 Å². The number of nitrogens with one attached hydrogen (secondary N) is 1. The van der Waals surface area contributed by atoms with Gasteiger partial charge < -0.3 is 16.2 Å². The number of piperidine rings is 1. The molecule has 1 amide bonds. The van der Waals surface area contributed by atoms with Gasteiger partial charge in [-0.15, -0.1) is 0 Å². The largest absolute Gasteiger partial charge is 0.399 e. The van der Waals surface area contributed by atoms with Gasteiger partial charge in [0.2, 0.25) is 5.91 Å². The second kappa shape index (κ2) is 6.03. The normalized spacial score (nSPS) is 28.5. The highest BCUT2D eigenvalue weighted by Crippen LogP contribution is 2.35. The van der Waals surface area contributed by atoms with Crippen LogP contribution in [0.5, 0.6) is 0 Å². The van der Waals surface area contributed by atoms with Crippen LogP contribution in [0.1, 0.15) is 32.1 Å². The van der Waals surface area contributed by atoms with Gasteiger partial charge >= 0.3 is 0 Å². The third-order valence-corrected chi connectivity index (χ3v) is 4.63. The lowest BCUT2D eigenvalue weighted by molar-refractivity contribution is -0.116. The lowest BCUT2D eigenvalue weighted by Crippen LogP contribution is -2.45. The number of aliphatic hydroxyl groups excluding tert-OH is 1. The van der Waals surface area contributed by atoms with Crippen molar-refractivity contribution in [1.82, 2.24) is 4.90 Å². The highest BCUT2D eigenvalue weighted by atomic mass is 16.3. The zero-order valence-corrected chi connectivity index (χ0v) is 12.2. The Balaban J connectivity index is 1.50. The Morgan fingerprint density at radius 1 is 1.33 bits per heavy atom. The summed E-state index contributed by atoms with van der Waals surface area (Å²) in [5.74, 6) is 0.0196. The van der Waals surface area contributed by atoms with Gasteiger partial charge in [0, 0.05) is 36.4 Å². The van der Waals surface area contributed by atoms with Crippen molar-refractivity contribution in [3.05, 3.63) is 24.3 Å². The summed E-state index contributed by atoms with van der Waals surface area (Å²) in [7, 11) is 0. The smallest absolute Gasteiger partial charge is 0.225 e. The second-order valence-electron chi connectivity index (χ2n) is 6.17. The molecule has 0 radical (unpaired) electrons. The number of aliphatic hydroxyl groups is 1. The summed E-state index contributed by atoms with van der Waals surface area (Å²) in [4.78, 5) is 14.4. The van der Waals surface area contributed by atoms with Crippen molar-refractivity contribution in [2.24, 2.45) is 0 Å². The quantitative estimate of drug-likeness (QED) is 0.735. The Kier molecular flexibility index (Phi) is 4.12. The van der Waals surface area contributed by atoms with Gasteiger partial charge in [-0.2, -0.15) is 0 Å². The number of amides is 1. The summed E-state index contributed by atoms with van der Waals surface area (Å²) in [5.41, 5.74) is 7.10. The number of benzene rings is 1. The minimum absolute atomic E-state index is 0.0196. The SMILES string of the molecule is Nc1cccc(NC(=O)CCN2C3CCC2CC(O)C3)c1. The van der Waals surface area contributed by atoms with Crippen molar-refractivity contribution < 1.29 is 9.90 Å². The van der Waals surface area contributed by atoms with Crippen LogP contribution < -0.4 is 11.1 Å². The molecule has 1 aromatic carbocycles. The van der Waals surface area contributed by atoms with Crippen LogP contribution in [0, 0.1) is 0 Å². The zero-order valence-electron chi connectivity index (χ0n) is 12.2. The Morgan fingerprint density at radius 3 is 2.71 bits per heavy atom. The first kappa shape index (κ1) is 14.4. The van der Waals surface area contributed by atoms with Crippen LogP contribution in [0.15, 0.2) is 24.3 Å². The van der Waals surface area contributed by atoms with Gasteiger partial charge in [-0.25, -0.2) is 0 Å². The van der Waals surface area contributed by atoms with Crippen molar-refractivity contribution >= 4 is 17.3 Å². The molecule has 1 aromatic rings. The molecule has 5 nitrogen and oxygen atoms in total. The van der Waals surface area contributed by atoms with Crippen LogP contribution in [0.3, 0.4) is 0 Å². The third kappa shape index (κ3) is 3.36. The number of hydrogen-bond donors (Lipinski definition) is 3. The Bertz CT molecular complexity index is 506. The van der Waals surface area contributed by atoms with Crippen molar-refractivity contribution in [3.8, 4) is 0 Å². The highest BCUT2D eigenvalue weighted by molar-refractivity contribution is 5.91. The molecular formula is C16H23N3O2. The van der Waals surface area contributed by atoms with E-state index in [2.05, 4.69) is 10.2 Å². The van der Waals surface area contributed by atoms with Gasteiger partial charge in [0.15, 0.2) is 0 Å². The number of carbonyl (C=O) groups excluding carboxylic acids is 1. The fourth-order valence-corrected chi connectivity index (χ4v) is 3.68. The van der Waals surface area contributed by atoms with E-state index in [1.165, 1.54) is 0 Å². The molecule has 2 saturated heterocycles. The number of carbonyl (C=O) groups is 1. The predicted octanol–water partition coefficient (Wildman–Crippen LogP) is 1.59. The number of anilines is 2. The van der Waals surface area contributed by atoms with Crippen LogP contribution in [0.2, 0.25) is 0 Å². The summed E-state index contributed by atoms with van der Waals surface area (Å²) in [6, 6.07) is 8.15. The molecular weight excluding hydrogens is 266 g/mol. The van der Waals surface area contributed by atoms with Crippen molar-refractivity contribution in [1.29, 1.82) is 0 Å². The number of nitrogen functional groups attached to an aromatic ring is 1. The first-order chi connectivity index (χ1) is 10.1. The summed E-state index contributed by atoms with van der Waals surface area (Å²) in [6.07, 6.45) is 4.34. The van der Waals surface area contributed by atoms with E-state index in [0.29, 0.717) is 24.2 Å². The molecule has 2 aliphatic heterocycles. The number of hydrogen-bond acceptors (Lipinski definition) is 4. The van der Waals surface area contributed by atoms with Gasteiger partial charge in [0.1, 0.15) is 0 Å². The molecule has 3 rings (SSSR count). The van der Waals surface area contributed by atoms with E-state index < -0.39 is 0 Å². The molecule has 2 unspecified atom stereocenters. The van der Waals surface area contributed by atoms with Gasteiger partial charge in [-0.1, -0.05) is 6.07 Å². The Labute approximate surface area is 125 Å². The van der Waals surface area contributed by atoms with E-state index in [1.807, 2.05) is 12.1 Å². The predicted molar refractivity (Wildman–Crippen MR) is 82.9 cm³/mol. The fraction of sp³-hybridized carbons (Fsp3) is 0.562. The third-order valence-electron chi connectivity index (χ3n) is 4.63. The maximum absolute atomic E-state index is 12.0. The van der Waals surface area contributed by atoms with E-state index in [4.69, 9.17) is 5.73 Å². The standard InChI is InChI=1S/C16H23N3O2/c17-11-2-1-3-12(8-11)18-16(21)6-7-19-13-4-5-14(19)10-15(20)9-13/h1-3,8,13-15,20H,4-7,9-10,17H2,(H,18,21). The maximum atomic E-state index is 12.0. The molecule has 4 N–H and O–H groups in total. The minimum Gasteiger partial charge on any atom is -0.399 e. The van der Waals surface area contributed by atoms with Crippen LogP contribution in [0.25, 0.3) is 0 Å². The molecule has 2 bridgehead atoms. The average molecular weight is 289 g/mol. The molecule has 0 aromatic heterocycles. The monoisotopic (exact) mass is 289 g/mol. The van der Waals surface area contributed by atoms with Crippen LogP contribution in [-0.2, 0) is 4.79 Å². The van der Waals surface area contributed by atoms with Gasteiger partial charge in [0.25, 0.3) is 0 Å². The summed E-state index contributed by atoms with van der Waals surface area (Å²) >= 11 is 0. The Morgan fingerprint density at radius 2 is 2.05 bits per heavy atom. The molecule has 2 fully saturated rings. The molecule has 2 atom stereocenters. The number of nitrogens with two attached hydrogens (primary N) is 1. The van der Waals surface area contributed by atoms with Crippen LogP contribution >= 0.6 is 0 Å². The molecule has 5 heteroatoms. The van der Waals surface area contributed by atoms with Crippen molar-refractivity contribution in [3.63, 3.8) is 0 Å². The summed E-state index contributed by atoms with van der Waals surface area (Å²) in [6.45, 7) is 0.774. The van der Waals surface area contributed by atoms with E-state index in [0.717, 1.165) is 37.9 Å². The maximum Gasteiger partial charge on any atom is 0.225 e. The lowest BCUT2D eigenvalue weighted by Gasteiger charge is -2.36. The molecule has 0 aliphatic carbocycles. The molecule has 21 heavy (non-hydrogen) atoms. The zero-order chi connectivity index (χ0) is 14.8. The topological polar surface area (TPSA) is 78.6 Å².